The molecular weight excluding hydrogens is 144 g/mol. The Hall–Kier alpha value is -0.700. The van der Waals surface area contributed by atoms with Crippen LogP contribution in [0.2, 0.25) is 0 Å². The fourth-order valence-electron chi connectivity index (χ4n) is 0.783. The van der Waals surface area contributed by atoms with Gasteiger partial charge in [-0.2, -0.15) is 0 Å². The molecule has 0 aromatic carbocycles. The highest BCUT2D eigenvalue weighted by Crippen LogP contribution is 2.18. The molecule has 1 heterocycles. The molecule has 0 spiro atoms. The Labute approximate surface area is 64.8 Å². The van der Waals surface area contributed by atoms with E-state index < -0.39 is 0 Å². The maximum absolute atomic E-state index is 5.46. The molecule has 0 atom stereocenters. The van der Waals surface area contributed by atoms with E-state index in [2.05, 4.69) is 4.98 Å². The summed E-state index contributed by atoms with van der Waals surface area (Å²) in [5.74, 6) is 0.593. The quantitative estimate of drug-likeness (QED) is 0.626. The van der Waals surface area contributed by atoms with Gasteiger partial charge in [-0.3, -0.25) is 0 Å². The molecule has 0 aliphatic rings. The number of nitrogens with zero attached hydrogens (tertiary/aromatic N) is 1. The Balaban J connectivity index is 3.07. The molecule has 10 heavy (non-hydrogen) atoms. The number of aryl methyl sites for hydroxylation is 1. The van der Waals surface area contributed by atoms with Gasteiger partial charge in [0.1, 0.15) is 5.82 Å². The summed E-state index contributed by atoms with van der Waals surface area (Å²) in [4.78, 5) is 5.29. The van der Waals surface area contributed by atoms with Gasteiger partial charge in [-0.05, 0) is 25.3 Å². The molecule has 1 aromatic rings. The Bertz CT molecular complexity index is 235. The highest BCUT2D eigenvalue weighted by molar-refractivity contribution is 7.98. The molecule has 0 fully saturated rings. The van der Waals surface area contributed by atoms with Gasteiger partial charge < -0.3 is 5.73 Å². The molecule has 2 nitrogen and oxygen atoms in total. The number of anilines is 1. The van der Waals surface area contributed by atoms with Crippen LogP contribution in [0.3, 0.4) is 0 Å². The maximum Gasteiger partial charge on any atom is 0.123 e. The van der Waals surface area contributed by atoms with Gasteiger partial charge in [0.2, 0.25) is 0 Å². The van der Waals surface area contributed by atoms with Gasteiger partial charge in [0.25, 0.3) is 0 Å². The summed E-state index contributed by atoms with van der Waals surface area (Å²) in [5, 5.41) is 0. The van der Waals surface area contributed by atoms with Crippen LogP contribution in [0.4, 0.5) is 5.82 Å². The van der Waals surface area contributed by atoms with Crippen LogP contribution in [0.1, 0.15) is 5.69 Å². The van der Waals surface area contributed by atoms with Crippen LogP contribution in [0.15, 0.2) is 17.0 Å². The number of hydrogen-bond donors (Lipinski definition) is 1. The highest BCUT2D eigenvalue weighted by atomic mass is 32.2. The molecule has 0 saturated carbocycles. The van der Waals surface area contributed by atoms with E-state index in [-0.39, 0.29) is 0 Å². The van der Waals surface area contributed by atoms with E-state index in [1.54, 1.807) is 11.8 Å². The van der Waals surface area contributed by atoms with Crippen LogP contribution in [0.5, 0.6) is 0 Å². The third kappa shape index (κ3) is 1.42. The van der Waals surface area contributed by atoms with Crippen molar-refractivity contribution < 1.29 is 0 Å². The number of nitrogens with two attached hydrogens (primary N) is 1. The van der Waals surface area contributed by atoms with E-state index in [1.807, 2.05) is 25.3 Å². The van der Waals surface area contributed by atoms with Crippen LogP contribution < -0.4 is 5.73 Å². The smallest absolute Gasteiger partial charge is 0.123 e. The van der Waals surface area contributed by atoms with Crippen LogP contribution >= 0.6 is 11.8 Å². The first kappa shape index (κ1) is 7.41. The molecular formula is C7H10N2S. The third-order valence-corrected chi connectivity index (χ3v) is 2.15. The third-order valence-electron chi connectivity index (χ3n) is 1.28. The molecule has 0 aliphatic heterocycles. The largest absolute Gasteiger partial charge is 0.384 e. The second-order valence-corrected chi connectivity index (χ2v) is 2.87. The molecule has 2 N–H and O–H groups in total. The first-order valence-corrected chi connectivity index (χ1v) is 4.23. The van der Waals surface area contributed by atoms with E-state index >= 15 is 0 Å². The van der Waals surface area contributed by atoms with Crippen molar-refractivity contribution in [3.8, 4) is 0 Å². The van der Waals surface area contributed by atoms with Gasteiger partial charge in [0, 0.05) is 4.90 Å². The second kappa shape index (κ2) is 2.92. The lowest BCUT2D eigenvalue weighted by atomic mass is 10.4. The second-order valence-electron chi connectivity index (χ2n) is 2.02. The number of thioether (sulfide) groups is 1. The van der Waals surface area contributed by atoms with Crippen molar-refractivity contribution in [3.63, 3.8) is 0 Å². The minimum absolute atomic E-state index is 0.593. The summed E-state index contributed by atoms with van der Waals surface area (Å²) in [6, 6.07) is 3.81. The first-order valence-electron chi connectivity index (χ1n) is 3.01. The molecule has 0 radical (unpaired) electrons. The predicted molar refractivity (Wildman–Crippen MR) is 45.2 cm³/mol. The average molecular weight is 154 g/mol. The van der Waals surface area contributed by atoms with Crippen molar-refractivity contribution in [2.45, 2.75) is 11.8 Å². The summed E-state index contributed by atoms with van der Waals surface area (Å²) in [5.41, 5.74) is 6.47. The molecule has 3 heteroatoms. The Morgan fingerprint density at radius 1 is 1.50 bits per heavy atom. The van der Waals surface area contributed by atoms with E-state index in [0.717, 1.165) is 5.69 Å². The van der Waals surface area contributed by atoms with E-state index in [0.29, 0.717) is 5.82 Å². The fraction of sp³-hybridized carbons (Fsp3) is 0.286. The lowest BCUT2D eigenvalue weighted by Gasteiger charge is -2.00. The maximum atomic E-state index is 5.46. The number of aromatic nitrogens is 1. The van der Waals surface area contributed by atoms with Gasteiger partial charge >= 0.3 is 0 Å². The predicted octanol–water partition coefficient (Wildman–Crippen LogP) is 1.69. The van der Waals surface area contributed by atoms with Crippen LogP contribution in [-0.4, -0.2) is 11.2 Å². The highest BCUT2D eigenvalue weighted by Gasteiger charge is 1.95. The summed E-state index contributed by atoms with van der Waals surface area (Å²) >= 11 is 1.69. The van der Waals surface area contributed by atoms with E-state index in [4.69, 9.17) is 5.73 Å². The minimum atomic E-state index is 0.593. The van der Waals surface area contributed by atoms with Crippen LogP contribution in [0.25, 0.3) is 0 Å². The first-order chi connectivity index (χ1) is 4.74. The van der Waals surface area contributed by atoms with Gasteiger partial charge in [-0.25, -0.2) is 4.98 Å². The molecule has 0 bridgehead atoms. The standard InChI is InChI=1S/C7H10N2S/c1-5-6(10-2)3-4-7(8)9-5/h3-4H,1-2H3,(H2,8,9). The molecule has 1 aromatic heterocycles. The number of nitrogen functional groups attached to an aromatic ring is 1. The van der Waals surface area contributed by atoms with E-state index in [1.165, 1.54) is 4.90 Å². The lowest BCUT2D eigenvalue weighted by molar-refractivity contribution is 1.13. The lowest BCUT2D eigenvalue weighted by Crippen LogP contribution is -1.92. The number of rotatable bonds is 1. The van der Waals surface area contributed by atoms with Gasteiger partial charge in [0.15, 0.2) is 0 Å². The average Bonchev–Trinajstić information content (AvgIpc) is 1.88. The summed E-state index contributed by atoms with van der Waals surface area (Å²) < 4.78 is 0. The number of pyridine rings is 1. The number of hydrogen-bond acceptors (Lipinski definition) is 3. The summed E-state index contributed by atoms with van der Waals surface area (Å²) in [6.45, 7) is 1.96. The zero-order valence-electron chi connectivity index (χ0n) is 6.09. The summed E-state index contributed by atoms with van der Waals surface area (Å²) in [7, 11) is 0. The van der Waals surface area contributed by atoms with Crippen molar-refractivity contribution >= 4 is 17.6 Å². The van der Waals surface area contributed by atoms with Crippen molar-refractivity contribution in [2.24, 2.45) is 0 Å². The molecule has 0 aliphatic carbocycles. The molecule has 1 rings (SSSR count). The van der Waals surface area contributed by atoms with Gasteiger partial charge in [-0.1, -0.05) is 0 Å². The van der Waals surface area contributed by atoms with Crippen molar-refractivity contribution in [3.05, 3.63) is 17.8 Å². The Morgan fingerprint density at radius 2 is 2.20 bits per heavy atom. The van der Waals surface area contributed by atoms with Crippen LogP contribution in [-0.2, 0) is 0 Å². The van der Waals surface area contributed by atoms with Crippen LogP contribution in [0, 0.1) is 6.92 Å². The van der Waals surface area contributed by atoms with Crippen molar-refractivity contribution in [2.75, 3.05) is 12.0 Å². The molecule has 0 unspecified atom stereocenters. The Kier molecular flexibility index (Phi) is 2.17. The molecule has 54 valence electrons. The zero-order chi connectivity index (χ0) is 7.56. The Morgan fingerprint density at radius 3 is 2.70 bits per heavy atom. The SMILES string of the molecule is CSc1ccc(N)nc1C. The fourth-order valence-corrected chi connectivity index (χ4v) is 1.33. The van der Waals surface area contributed by atoms with Gasteiger partial charge in [-0.15, -0.1) is 11.8 Å². The zero-order valence-corrected chi connectivity index (χ0v) is 6.90. The molecule has 0 amide bonds. The monoisotopic (exact) mass is 154 g/mol. The van der Waals surface area contributed by atoms with Gasteiger partial charge in [0.05, 0.1) is 5.69 Å². The normalized spacial score (nSPS) is 9.80. The topological polar surface area (TPSA) is 38.9 Å². The summed E-state index contributed by atoms with van der Waals surface area (Å²) in [6.07, 6.45) is 2.03. The molecule has 0 saturated heterocycles. The van der Waals surface area contributed by atoms with Crippen molar-refractivity contribution in [1.82, 2.24) is 4.98 Å². The van der Waals surface area contributed by atoms with E-state index in [9.17, 15) is 0 Å². The minimum Gasteiger partial charge on any atom is -0.384 e. The van der Waals surface area contributed by atoms with Crippen molar-refractivity contribution in [1.29, 1.82) is 0 Å².